The fraction of sp³-hybridized carbons (Fsp3) is 0.783. The van der Waals surface area contributed by atoms with E-state index in [2.05, 4.69) is 81.5 Å². The Morgan fingerprint density at radius 2 is 0.561 bits per heavy atom. The van der Waals surface area contributed by atoms with Gasteiger partial charge in [0.2, 0.25) is 0 Å². The molecule has 0 aromatic carbocycles. The Balaban J connectivity index is 4.41. The Hall–Kier alpha value is -2.89. The van der Waals surface area contributed by atoms with Crippen molar-refractivity contribution in [1.29, 1.82) is 0 Å². The minimum atomic E-state index is -0.804. The van der Waals surface area contributed by atoms with Gasteiger partial charge in [0.15, 0.2) is 6.10 Å². The monoisotopic (exact) mass is 923 g/mol. The molecule has 0 aliphatic rings. The van der Waals surface area contributed by atoms with E-state index >= 15 is 0 Å². The highest BCUT2D eigenvalue weighted by Gasteiger charge is 2.19. The third kappa shape index (κ3) is 52.1. The zero-order valence-corrected chi connectivity index (χ0v) is 43.7. The molecule has 0 aromatic rings. The van der Waals surface area contributed by atoms with Crippen LogP contribution in [0.25, 0.3) is 0 Å². The van der Waals surface area contributed by atoms with Crippen LogP contribution < -0.4 is 0 Å². The lowest BCUT2D eigenvalue weighted by molar-refractivity contribution is -0.167. The first kappa shape index (κ1) is 63.1. The zero-order valence-electron chi connectivity index (χ0n) is 43.7. The van der Waals surface area contributed by atoms with E-state index < -0.39 is 6.10 Å². The lowest BCUT2D eigenvalue weighted by atomic mass is 10.0. The van der Waals surface area contributed by atoms with Crippen molar-refractivity contribution in [2.45, 2.75) is 290 Å². The van der Waals surface area contributed by atoms with Crippen molar-refractivity contribution in [3.63, 3.8) is 0 Å². The molecule has 0 rings (SSSR count). The number of hydrogen-bond donors (Lipinski definition) is 0. The number of ether oxygens (including phenoxy) is 3. The van der Waals surface area contributed by atoms with Crippen LogP contribution in [0.3, 0.4) is 0 Å². The third-order valence-corrected chi connectivity index (χ3v) is 12.2. The predicted octanol–water partition coefficient (Wildman–Crippen LogP) is 18.8. The van der Waals surface area contributed by atoms with Gasteiger partial charge in [-0.1, -0.05) is 242 Å². The summed E-state index contributed by atoms with van der Waals surface area (Å²) in [7, 11) is 0. The van der Waals surface area contributed by atoms with Gasteiger partial charge in [0.25, 0.3) is 0 Å². The number of carbonyl (C=O) groups is 3. The molecule has 0 aromatic heterocycles. The molecule has 0 radical (unpaired) electrons. The van der Waals surface area contributed by atoms with Crippen LogP contribution in [0, 0.1) is 0 Å². The van der Waals surface area contributed by atoms with E-state index in [4.69, 9.17) is 14.2 Å². The molecule has 0 bridgehead atoms. The average Bonchev–Trinajstić information content (AvgIpc) is 3.31. The second-order valence-electron chi connectivity index (χ2n) is 18.8. The van der Waals surface area contributed by atoms with Gasteiger partial charge in [0.1, 0.15) is 13.2 Å². The maximum absolute atomic E-state index is 12.8. The van der Waals surface area contributed by atoms with E-state index in [1.165, 1.54) is 167 Å². The second kappa shape index (κ2) is 54.7. The smallest absolute Gasteiger partial charge is 0.306 e. The lowest BCUT2D eigenvalue weighted by Crippen LogP contribution is -2.30. The standard InChI is InChI=1S/C60H106O6/c1-4-7-10-13-16-19-22-25-27-29-30-32-33-35-38-41-44-47-50-53-59(62)65-56-57(55-64-58(61)52-49-46-43-40-37-24-21-18-15-12-9-6-3)66-60(63)54-51-48-45-42-39-36-34-31-28-26-23-20-17-14-11-8-5-2/h17-18,20-21,26,28,34,36,42,45,57H,4-16,19,22-25,27,29-33,35,37-41,43-44,46-56H2,1-3H3/b20-17-,21-18-,28-26-,36-34-,45-42-/t57-/m1/s1. The van der Waals surface area contributed by atoms with Gasteiger partial charge in [-0.05, 0) is 83.5 Å². The van der Waals surface area contributed by atoms with Gasteiger partial charge < -0.3 is 14.2 Å². The van der Waals surface area contributed by atoms with E-state index in [0.29, 0.717) is 19.3 Å². The maximum Gasteiger partial charge on any atom is 0.306 e. The van der Waals surface area contributed by atoms with Gasteiger partial charge in [0, 0.05) is 19.3 Å². The fourth-order valence-corrected chi connectivity index (χ4v) is 7.96. The summed E-state index contributed by atoms with van der Waals surface area (Å²) in [6.45, 7) is 6.56. The molecule has 0 saturated heterocycles. The molecule has 0 heterocycles. The molecule has 6 nitrogen and oxygen atoms in total. The zero-order chi connectivity index (χ0) is 47.9. The Kier molecular flexibility index (Phi) is 52.3. The van der Waals surface area contributed by atoms with Gasteiger partial charge >= 0.3 is 17.9 Å². The largest absolute Gasteiger partial charge is 0.462 e. The topological polar surface area (TPSA) is 78.9 Å². The second-order valence-corrected chi connectivity index (χ2v) is 18.8. The van der Waals surface area contributed by atoms with Crippen molar-refractivity contribution in [3.05, 3.63) is 60.8 Å². The Labute approximate surface area is 409 Å². The van der Waals surface area contributed by atoms with Gasteiger partial charge in [-0.25, -0.2) is 0 Å². The van der Waals surface area contributed by atoms with Crippen molar-refractivity contribution >= 4 is 17.9 Å². The van der Waals surface area contributed by atoms with E-state index in [9.17, 15) is 14.4 Å². The Bertz CT molecular complexity index is 1200. The first-order valence-corrected chi connectivity index (χ1v) is 28.3. The molecular formula is C60H106O6. The number of carbonyl (C=O) groups excluding carboxylic acids is 3. The van der Waals surface area contributed by atoms with E-state index in [1.807, 2.05) is 0 Å². The maximum atomic E-state index is 12.8. The molecule has 0 aliphatic heterocycles. The van der Waals surface area contributed by atoms with Crippen molar-refractivity contribution in [3.8, 4) is 0 Å². The number of esters is 3. The molecule has 0 amide bonds. The number of unbranched alkanes of at least 4 members (excludes halogenated alkanes) is 30. The lowest BCUT2D eigenvalue weighted by Gasteiger charge is -2.18. The summed E-state index contributed by atoms with van der Waals surface area (Å²) >= 11 is 0. The van der Waals surface area contributed by atoms with Crippen molar-refractivity contribution in [1.82, 2.24) is 0 Å². The highest BCUT2D eigenvalue weighted by Crippen LogP contribution is 2.16. The van der Waals surface area contributed by atoms with E-state index in [1.54, 1.807) is 0 Å². The highest BCUT2D eigenvalue weighted by molar-refractivity contribution is 5.71. The molecule has 382 valence electrons. The molecule has 6 heteroatoms. The van der Waals surface area contributed by atoms with Gasteiger partial charge in [-0.15, -0.1) is 0 Å². The first-order chi connectivity index (χ1) is 32.5. The number of rotatable bonds is 51. The van der Waals surface area contributed by atoms with Crippen LogP contribution in [0.1, 0.15) is 284 Å². The molecule has 0 saturated carbocycles. The highest BCUT2D eigenvalue weighted by atomic mass is 16.6. The van der Waals surface area contributed by atoms with Gasteiger partial charge in [0.05, 0.1) is 0 Å². The first-order valence-electron chi connectivity index (χ1n) is 28.3. The molecule has 66 heavy (non-hydrogen) atoms. The van der Waals surface area contributed by atoms with E-state index in [0.717, 1.165) is 70.6 Å². The Morgan fingerprint density at radius 3 is 0.939 bits per heavy atom. The predicted molar refractivity (Wildman–Crippen MR) is 284 cm³/mol. The Morgan fingerprint density at radius 1 is 0.303 bits per heavy atom. The summed E-state index contributed by atoms with van der Waals surface area (Å²) in [5, 5.41) is 0. The minimum absolute atomic E-state index is 0.0960. The summed E-state index contributed by atoms with van der Waals surface area (Å²) < 4.78 is 16.8. The van der Waals surface area contributed by atoms with Crippen molar-refractivity contribution < 1.29 is 28.6 Å². The minimum Gasteiger partial charge on any atom is -0.462 e. The summed E-state index contributed by atoms with van der Waals surface area (Å²) in [4.78, 5) is 38.1. The SMILES string of the molecule is CCCCC/C=C\C/C=C\C/C=C\C/C=C\CCCC(=O)O[C@H](COC(=O)CCCCCCC/C=C\CCCCC)COC(=O)CCCCCCCCCCCCCCCCCCCCC. The summed E-state index contributed by atoms with van der Waals surface area (Å²) in [5.74, 6) is -0.952. The molecule has 0 N–H and O–H groups in total. The quantitative estimate of drug-likeness (QED) is 0.0262. The average molecular weight is 924 g/mol. The van der Waals surface area contributed by atoms with Crippen LogP contribution in [0.2, 0.25) is 0 Å². The molecule has 0 spiro atoms. The number of allylic oxidation sites excluding steroid dienone is 10. The molecule has 1 atom stereocenters. The van der Waals surface area contributed by atoms with Crippen LogP contribution in [-0.2, 0) is 28.6 Å². The third-order valence-electron chi connectivity index (χ3n) is 12.2. The summed E-state index contributed by atoms with van der Waals surface area (Å²) in [5.41, 5.74) is 0. The van der Waals surface area contributed by atoms with Crippen molar-refractivity contribution in [2.24, 2.45) is 0 Å². The molecule has 0 fully saturated rings. The van der Waals surface area contributed by atoms with Crippen LogP contribution in [0.15, 0.2) is 60.8 Å². The van der Waals surface area contributed by atoms with E-state index in [-0.39, 0.29) is 37.5 Å². The van der Waals surface area contributed by atoms with Gasteiger partial charge in [-0.3, -0.25) is 14.4 Å². The fourth-order valence-electron chi connectivity index (χ4n) is 7.96. The number of hydrogen-bond acceptors (Lipinski definition) is 6. The summed E-state index contributed by atoms with van der Waals surface area (Å²) in [6, 6.07) is 0. The molecule has 0 unspecified atom stereocenters. The van der Waals surface area contributed by atoms with Crippen LogP contribution in [-0.4, -0.2) is 37.2 Å². The van der Waals surface area contributed by atoms with Gasteiger partial charge in [-0.2, -0.15) is 0 Å². The van der Waals surface area contributed by atoms with Crippen molar-refractivity contribution in [2.75, 3.05) is 13.2 Å². The van der Waals surface area contributed by atoms with Crippen LogP contribution in [0.4, 0.5) is 0 Å². The molecule has 0 aliphatic carbocycles. The normalized spacial score (nSPS) is 12.5. The summed E-state index contributed by atoms with van der Waals surface area (Å²) in [6.07, 6.45) is 67.9. The van der Waals surface area contributed by atoms with Crippen LogP contribution in [0.5, 0.6) is 0 Å². The molecular weight excluding hydrogens is 817 g/mol. The van der Waals surface area contributed by atoms with Crippen LogP contribution >= 0.6 is 0 Å².